The first-order chi connectivity index (χ1) is 7.74. The summed E-state index contributed by atoms with van der Waals surface area (Å²) in [5, 5.41) is 7.63. The van der Waals surface area contributed by atoms with Gasteiger partial charge in [0.25, 0.3) is 5.56 Å². The fourth-order valence-corrected chi connectivity index (χ4v) is 3.25. The minimum atomic E-state index is -0.203. The smallest absolute Gasteiger partial charge is 0.291 e. The molecule has 0 amide bonds. The number of nitrogens with one attached hydrogen (secondary N) is 1. The van der Waals surface area contributed by atoms with Crippen molar-refractivity contribution in [2.75, 3.05) is 31.1 Å². The van der Waals surface area contributed by atoms with E-state index in [1.54, 1.807) is 6.20 Å². The van der Waals surface area contributed by atoms with Gasteiger partial charge in [-0.3, -0.25) is 4.79 Å². The Hall–Kier alpha value is 0.0900. The molecule has 1 unspecified atom stereocenters. The Bertz CT molecular complexity index is 435. The van der Waals surface area contributed by atoms with E-state index in [4.69, 9.17) is 11.6 Å². The van der Waals surface area contributed by atoms with Crippen LogP contribution >= 0.6 is 40.0 Å². The summed E-state index contributed by atoms with van der Waals surface area (Å²) < 4.78 is 1.38. The standard InChI is InChI=1S/C8H11ClIN4OP/c9-7-6(13-3-1-11-2-4-13)5-12-14(16-10)8(7)15/h5,11,16H,1-4H2. The molecule has 2 rings (SSSR count). The molecule has 0 aliphatic carbocycles. The van der Waals surface area contributed by atoms with Crippen molar-refractivity contribution in [3.05, 3.63) is 21.6 Å². The molecular formula is C8H11ClIN4OP. The fraction of sp³-hybridized carbons (Fsp3) is 0.500. The first-order valence-corrected chi connectivity index (χ1v) is 9.28. The van der Waals surface area contributed by atoms with Crippen molar-refractivity contribution in [3.8, 4) is 0 Å². The Kier molecular flexibility index (Phi) is 4.41. The lowest BCUT2D eigenvalue weighted by Crippen LogP contribution is -2.44. The highest BCUT2D eigenvalue weighted by Gasteiger charge is 2.16. The minimum Gasteiger partial charge on any atom is -0.366 e. The zero-order valence-electron chi connectivity index (χ0n) is 8.41. The normalized spacial score (nSPS) is 17.2. The molecule has 16 heavy (non-hydrogen) atoms. The van der Waals surface area contributed by atoms with Crippen LogP contribution in [0.3, 0.4) is 0 Å². The molecule has 2 heterocycles. The number of hydrogen-bond acceptors (Lipinski definition) is 4. The highest BCUT2D eigenvalue weighted by molar-refractivity contribution is 14.2. The summed E-state index contributed by atoms with van der Waals surface area (Å²) in [4.78, 5) is 13.9. The fourth-order valence-electron chi connectivity index (χ4n) is 1.61. The number of piperazine rings is 1. The quantitative estimate of drug-likeness (QED) is 0.624. The number of rotatable bonds is 2. The summed E-state index contributed by atoms with van der Waals surface area (Å²) in [7, 11) is 0. The van der Waals surface area contributed by atoms with Crippen molar-refractivity contribution >= 4 is 45.7 Å². The second kappa shape index (κ2) is 5.62. The molecule has 0 saturated carbocycles. The molecule has 0 bridgehead atoms. The third-order valence-corrected chi connectivity index (χ3v) is 4.64. The maximum atomic E-state index is 11.8. The maximum Gasteiger partial charge on any atom is 0.291 e. The lowest BCUT2D eigenvalue weighted by molar-refractivity contribution is 0.587. The highest BCUT2D eigenvalue weighted by atomic mass is 127. The average molecular weight is 373 g/mol. The largest absolute Gasteiger partial charge is 0.366 e. The van der Waals surface area contributed by atoms with E-state index >= 15 is 0 Å². The molecule has 0 spiro atoms. The number of hydrogen-bond donors (Lipinski definition) is 1. The summed E-state index contributed by atoms with van der Waals surface area (Å²) in [6.45, 7) is 3.54. The Morgan fingerprint density at radius 1 is 1.50 bits per heavy atom. The molecule has 0 aromatic carbocycles. The number of nitrogens with zero attached hydrogens (tertiary/aromatic N) is 3. The van der Waals surface area contributed by atoms with E-state index in [2.05, 4.69) is 37.4 Å². The van der Waals surface area contributed by atoms with Crippen molar-refractivity contribution in [2.24, 2.45) is 0 Å². The Morgan fingerprint density at radius 3 is 2.81 bits per heavy atom. The Labute approximate surface area is 113 Å². The van der Waals surface area contributed by atoms with Crippen molar-refractivity contribution < 1.29 is 0 Å². The van der Waals surface area contributed by atoms with E-state index < -0.39 is 0 Å². The van der Waals surface area contributed by atoms with Crippen LogP contribution < -0.4 is 15.8 Å². The summed E-state index contributed by atoms with van der Waals surface area (Å²) >= 11 is 8.18. The van der Waals surface area contributed by atoms with Gasteiger partial charge in [0, 0.05) is 26.2 Å². The minimum absolute atomic E-state index is 0.203. The molecule has 8 heteroatoms. The average Bonchev–Trinajstić information content (AvgIpc) is 2.34. The Morgan fingerprint density at radius 2 is 2.19 bits per heavy atom. The van der Waals surface area contributed by atoms with E-state index in [1.165, 1.54) is 4.45 Å². The van der Waals surface area contributed by atoms with Crippen LogP contribution in [0.1, 0.15) is 0 Å². The third-order valence-electron chi connectivity index (χ3n) is 2.44. The van der Waals surface area contributed by atoms with Gasteiger partial charge in [0.05, 0.1) is 18.3 Å². The lowest BCUT2D eigenvalue weighted by Gasteiger charge is -2.29. The van der Waals surface area contributed by atoms with Gasteiger partial charge in [-0.1, -0.05) is 11.6 Å². The second-order valence-corrected chi connectivity index (χ2v) is 5.80. The van der Waals surface area contributed by atoms with Crippen molar-refractivity contribution in [3.63, 3.8) is 0 Å². The summed E-state index contributed by atoms with van der Waals surface area (Å²) in [5.41, 5.74) is 0.546. The van der Waals surface area contributed by atoms with Gasteiger partial charge >= 0.3 is 0 Å². The van der Waals surface area contributed by atoms with Crippen molar-refractivity contribution in [2.45, 2.75) is 0 Å². The van der Waals surface area contributed by atoms with Crippen LogP contribution in [-0.2, 0) is 0 Å². The van der Waals surface area contributed by atoms with Crippen molar-refractivity contribution in [1.29, 1.82) is 0 Å². The Balaban J connectivity index is 2.34. The van der Waals surface area contributed by atoms with Crippen LogP contribution in [0.15, 0.2) is 11.0 Å². The number of aromatic nitrogens is 2. The van der Waals surface area contributed by atoms with E-state index in [-0.39, 0.29) is 17.0 Å². The molecule has 1 saturated heterocycles. The molecule has 1 aliphatic rings. The van der Waals surface area contributed by atoms with E-state index in [0.29, 0.717) is 0 Å². The van der Waals surface area contributed by atoms with Gasteiger partial charge < -0.3 is 10.2 Å². The highest BCUT2D eigenvalue weighted by Crippen LogP contribution is 2.25. The first-order valence-electron chi connectivity index (χ1n) is 4.84. The molecular weight excluding hydrogens is 361 g/mol. The second-order valence-electron chi connectivity index (χ2n) is 3.38. The molecule has 1 aliphatic heterocycles. The van der Waals surface area contributed by atoms with Crippen LogP contribution in [0.4, 0.5) is 5.69 Å². The molecule has 1 N–H and O–H groups in total. The van der Waals surface area contributed by atoms with Gasteiger partial charge in [-0.15, -0.1) is 0 Å². The predicted molar refractivity (Wildman–Crippen MR) is 76.3 cm³/mol. The monoisotopic (exact) mass is 372 g/mol. The van der Waals surface area contributed by atoms with Crippen molar-refractivity contribution in [1.82, 2.24) is 14.9 Å². The summed E-state index contributed by atoms with van der Waals surface area (Å²) in [6, 6.07) is 0. The SMILES string of the molecule is O=c1c(Cl)c(N2CCNCC2)cnn1PI. The first kappa shape index (κ1) is 12.5. The topological polar surface area (TPSA) is 50.2 Å². The summed E-state index contributed by atoms with van der Waals surface area (Å²) in [5.74, 6) is 0. The van der Waals surface area contributed by atoms with E-state index in [0.717, 1.165) is 31.9 Å². The molecule has 1 aromatic heterocycles. The maximum absolute atomic E-state index is 11.8. The molecule has 0 radical (unpaired) electrons. The van der Waals surface area contributed by atoms with Crippen LogP contribution in [0, 0.1) is 0 Å². The van der Waals surface area contributed by atoms with Crippen LogP contribution in [0.5, 0.6) is 0 Å². The van der Waals surface area contributed by atoms with Crippen LogP contribution in [-0.4, -0.2) is 35.7 Å². The van der Waals surface area contributed by atoms with Gasteiger partial charge in [0.2, 0.25) is 0 Å². The molecule has 5 nitrogen and oxygen atoms in total. The number of halogens is 2. The molecule has 1 fully saturated rings. The predicted octanol–water partition coefficient (Wildman–Crippen LogP) is 1.10. The zero-order chi connectivity index (χ0) is 11.5. The molecule has 1 aromatic rings. The van der Waals surface area contributed by atoms with E-state index in [9.17, 15) is 4.79 Å². The van der Waals surface area contributed by atoms with Gasteiger partial charge in [0.1, 0.15) is 5.02 Å². The van der Waals surface area contributed by atoms with Gasteiger partial charge in [-0.05, 0) is 22.0 Å². The van der Waals surface area contributed by atoms with Crippen LogP contribution in [0.25, 0.3) is 0 Å². The van der Waals surface area contributed by atoms with Crippen LogP contribution in [0.2, 0.25) is 5.02 Å². The molecule has 1 atom stereocenters. The van der Waals surface area contributed by atoms with Gasteiger partial charge in [-0.2, -0.15) is 5.10 Å². The zero-order valence-corrected chi connectivity index (χ0v) is 12.3. The lowest BCUT2D eigenvalue weighted by atomic mass is 10.3. The van der Waals surface area contributed by atoms with Gasteiger partial charge in [0.15, 0.2) is 0 Å². The number of anilines is 1. The third kappa shape index (κ3) is 2.50. The van der Waals surface area contributed by atoms with E-state index in [1.807, 2.05) is 0 Å². The van der Waals surface area contributed by atoms with Gasteiger partial charge in [-0.25, -0.2) is 4.45 Å². The summed E-state index contributed by atoms with van der Waals surface area (Å²) in [6.07, 6.45) is 1.96. The molecule has 88 valence electrons.